The van der Waals surface area contributed by atoms with Crippen molar-refractivity contribution in [3.63, 3.8) is 0 Å². The highest BCUT2D eigenvalue weighted by molar-refractivity contribution is 5.28. The summed E-state index contributed by atoms with van der Waals surface area (Å²) < 4.78 is 0. The highest BCUT2D eigenvalue weighted by Gasteiger charge is 2.24. The van der Waals surface area contributed by atoms with E-state index in [1.807, 2.05) is 0 Å². The molecule has 0 aromatic heterocycles. The number of nitrogens with zero attached hydrogens (tertiary/aromatic N) is 1. The van der Waals surface area contributed by atoms with Gasteiger partial charge in [0.2, 0.25) is 0 Å². The quantitative estimate of drug-likeness (QED) is 0.837. The Kier molecular flexibility index (Phi) is 4.74. The minimum atomic E-state index is 0.427. The zero-order chi connectivity index (χ0) is 13.8. The molecule has 1 aliphatic heterocycles. The Morgan fingerprint density at radius 2 is 1.80 bits per heavy atom. The van der Waals surface area contributed by atoms with Crippen molar-refractivity contribution in [2.75, 3.05) is 13.1 Å². The van der Waals surface area contributed by atoms with Crippen LogP contribution in [0.15, 0.2) is 24.3 Å². The maximum Gasteiger partial charge on any atom is 0.0236 e. The van der Waals surface area contributed by atoms with Gasteiger partial charge in [-0.05, 0) is 49.3 Å². The average molecular weight is 272 g/mol. The molecule has 0 saturated heterocycles. The van der Waals surface area contributed by atoms with Crippen LogP contribution in [0.5, 0.6) is 0 Å². The van der Waals surface area contributed by atoms with E-state index < -0.39 is 0 Å². The highest BCUT2D eigenvalue weighted by atomic mass is 15.1. The van der Waals surface area contributed by atoms with Gasteiger partial charge >= 0.3 is 0 Å². The number of rotatable bonds is 2. The first-order valence-electron chi connectivity index (χ1n) is 8.37. The molecule has 1 aliphatic carbocycles. The van der Waals surface area contributed by atoms with Gasteiger partial charge in [0.15, 0.2) is 0 Å². The van der Waals surface area contributed by atoms with Gasteiger partial charge in [0.25, 0.3) is 0 Å². The van der Waals surface area contributed by atoms with Gasteiger partial charge in [0.1, 0.15) is 0 Å². The summed E-state index contributed by atoms with van der Waals surface area (Å²) in [6, 6.07) is 9.39. The standard InChI is InChI=1S/C18H28N2/c19-18-11-3-1-2-9-17(18)14-20-12-6-10-15-7-4-5-8-16(15)13-20/h4-5,7-8,17-18H,1-3,6,9-14,19H2. The predicted octanol–water partition coefficient (Wildman–Crippen LogP) is 3.34. The van der Waals surface area contributed by atoms with Gasteiger partial charge in [0.05, 0.1) is 0 Å². The molecule has 2 atom stereocenters. The molecule has 1 aromatic rings. The molecule has 0 radical (unpaired) electrons. The van der Waals surface area contributed by atoms with Crippen LogP contribution >= 0.6 is 0 Å². The lowest BCUT2D eigenvalue weighted by atomic mass is 9.94. The Bertz CT molecular complexity index is 429. The summed E-state index contributed by atoms with van der Waals surface area (Å²) in [5, 5.41) is 0. The summed E-state index contributed by atoms with van der Waals surface area (Å²) >= 11 is 0. The maximum absolute atomic E-state index is 6.40. The summed E-state index contributed by atoms with van der Waals surface area (Å²) in [6.07, 6.45) is 9.19. The van der Waals surface area contributed by atoms with Gasteiger partial charge in [-0.2, -0.15) is 0 Å². The van der Waals surface area contributed by atoms with Crippen LogP contribution in [0, 0.1) is 5.92 Å². The third kappa shape index (κ3) is 3.42. The van der Waals surface area contributed by atoms with E-state index in [9.17, 15) is 0 Å². The minimum Gasteiger partial charge on any atom is -0.327 e. The zero-order valence-electron chi connectivity index (χ0n) is 12.6. The fourth-order valence-electron chi connectivity index (χ4n) is 3.90. The molecule has 20 heavy (non-hydrogen) atoms. The van der Waals surface area contributed by atoms with Crippen molar-refractivity contribution in [2.45, 2.75) is 57.5 Å². The summed E-state index contributed by atoms with van der Waals surface area (Å²) in [5.41, 5.74) is 9.49. The topological polar surface area (TPSA) is 29.3 Å². The molecule has 3 rings (SSSR count). The second kappa shape index (κ2) is 6.73. The van der Waals surface area contributed by atoms with Gasteiger partial charge in [-0.1, -0.05) is 43.5 Å². The Balaban J connectivity index is 1.65. The SMILES string of the molecule is NC1CCCCCC1CN1CCCc2ccccc2C1. The van der Waals surface area contributed by atoms with Gasteiger partial charge in [-0.3, -0.25) is 4.90 Å². The van der Waals surface area contributed by atoms with E-state index in [1.165, 1.54) is 63.6 Å². The van der Waals surface area contributed by atoms with Gasteiger partial charge in [-0.15, -0.1) is 0 Å². The summed E-state index contributed by atoms with van der Waals surface area (Å²) in [7, 11) is 0. The largest absolute Gasteiger partial charge is 0.327 e. The minimum absolute atomic E-state index is 0.427. The van der Waals surface area contributed by atoms with E-state index >= 15 is 0 Å². The summed E-state index contributed by atoms with van der Waals surface area (Å²) in [6.45, 7) is 3.56. The second-order valence-electron chi connectivity index (χ2n) is 6.67. The molecule has 2 heteroatoms. The van der Waals surface area contributed by atoms with Crippen LogP contribution in [0.25, 0.3) is 0 Å². The molecule has 2 unspecified atom stereocenters. The van der Waals surface area contributed by atoms with Crippen LogP contribution in [-0.2, 0) is 13.0 Å². The van der Waals surface area contributed by atoms with Crippen LogP contribution in [0.2, 0.25) is 0 Å². The van der Waals surface area contributed by atoms with Gasteiger partial charge in [0, 0.05) is 19.1 Å². The molecule has 1 aromatic carbocycles. The molecule has 0 bridgehead atoms. The Morgan fingerprint density at radius 1 is 1.00 bits per heavy atom. The maximum atomic E-state index is 6.40. The summed E-state index contributed by atoms with van der Waals surface area (Å²) in [4.78, 5) is 2.65. The molecular formula is C18H28N2. The van der Waals surface area contributed by atoms with E-state index in [2.05, 4.69) is 29.2 Å². The normalized spacial score (nSPS) is 28.4. The van der Waals surface area contributed by atoms with E-state index in [0.717, 1.165) is 6.54 Å². The van der Waals surface area contributed by atoms with Crippen LogP contribution < -0.4 is 5.73 Å². The second-order valence-corrected chi connectivity index (χ2v) is 6.67. The van der Waals surface area contributed by atoms with Crippen molar-refractivity contribution in [3.8, 4) is 0 Å². The van der Waals surface area contributed by atoms with Crippen LogP contribution in [0.1, 0.15) is 49.7 Å². The third-order valence-electron chi connectivity index (χ3n) is 5.14. The number of fused-ring (bicyclic) bond motifs is 1. The van der Waals surface area contributed by atoms with Crippen molar-refractivity contribution in [3.05, 3.63) is 35.4 Å². The van der Waals surface area contributed by atoms with Crippen molar-refractivity contribution in [2.24, 2.45) is 11.7 Å². The Hall–Kier alpha value is -0.860. The number of hydrogen-bond acceptors (Lipinski definition) is 2. The monoisotopic (exact) mass is 272 g/mol. The molecule has 110 valence electrons. The Morgan fingerprint density at radius 3 is 2.70 bits per heavy atom. The first-order chi connectivity index (χ1) is 9.83. The first kappa shape index (κ1) is 14.1. The van der Waals surface area contributed by atoms with Crippen LogP contribution in [-0.4, -0.2) is 24.0 Å². The van der Waals surface area contributed by atoms with Gasteiger partial charge in [-0.25, -0.2) is 0 Å². The molecule has 2 N–H and O–H groups in total. The Labute approximate surface area is 123 Å². The van der Waals surface area contributed by atoms with E-state index in [1.54, 1.807) is 5.56 Å². The highest BCUT2D eigenvalue weighted by Crippen LogP contribution is 2.25. The lowest BCUT2D eigenvalue weighted by Gasteiger charge is -2.29. The lowest BCUT2D eigenvalue weighted by Crippen LogP contribution is -2.38. The molecular weight excluding hydrogens is 244 g/mol. The van der Waals surface area contributed by atoms with Crippen molar-refractivity contribution in [1.82, 2.24) is 4.90 Å². The van der Waals surface area contributed by atoms with Crippen LogP contribution in [0.4, 0.5) is 0 Å². The van der Waals surface area contributed by atoms with E-state index in [0.29, 0.717) is 12.0 Å². The molecule has 1 fully saturated rings. The number of hydrogen-bond donors (Lipinski definition) is 1. The fraction of sp³-hybridized carbons (Fsp3) is 0.667. The molecule has 1 heterocycles. The predicted molar refractivity (Wildman–Crippen MR) is 84.6 cm³/mol. The number of benzene rings is 1. The van der Waals surface area contributed by atoms with Crippen LogP contribution in [0.3, 0.4) is 0 Å². The van der Waals surface area contributed by atoms with E-state index in [4.69, 9.17) is 5.73 Å². The third-order valence-corrected chi connectivity index (χ3v) is 5.14. The molecule has 1 saturated carbocycles. The average Bonchev–Trinajstić information content (AvgIpc) is 2.78. The lowest BCUT2D eigenvalue weighted by molar-refractivity contribution is 0.202. The van der Waals surface area contributed by atoms with Crippen molar-refractivity contribution >= 4 is 0 Å². The molecule has 2 aliphatic rings. The summed E-state index contributed by atoms with van der Waals surface area (Å²) in [5.74, 6) is 0.711. The smallest absolute Gasteiger partial charge is 0.0236 e. The number of aryl methyl sites for hydroxylation is 1. The molecule has 2 nitrogen and oxygen atoms in total. The zero-order valence-corrected chi connectivity index (χ0v) is 12.6. The molecule has 0 amide bonds. The first-order valence-corrected chi connectivity index (χ1v) is 8.37. The fourth-order valence-corrected chi connectivity index (χ4v) is 3.90. The van der Waals surface area contributed by atoms with Crippen molar-refractivity contribution < 1.29 is 0 Å². The number of nitrogens with two attached hydrogens (primary N) is 1. The van der Waals surface area contributed by atoms with Crippen molar-refractivity contribution in [1.29, 1.82) is 0 Å². The molecule has 0 spiro atoms. The van der Waals surface area contributed by atoms with Gasteiger partial charge < -0.3 is 5.73 Å². The van der Waals surface area contributed by atoms with E-state index in [-0.39, 0.29) is 0 Å².